The number of rotatable bonds is 6. The Labute approximate surface area is 185 Å². The zero-order valence-electron chi connectivity index (χ0n) is 18.1. The van der Waals surface area contributed by atoms with Gasteiger partial charge in [0.25, 0.3) is 11.5 Å². The summed E-state index contributed by atoms with van der Waals surface area (Å²) in [6.45, 7) is 2.77. The van der Waals surface area contributed by atoms with Gasteiger partial charge in [0.05, 0.1) is 12.2 Å². The number of anilines is 1. The van der Waals surface area contributed by atoms with Crippen LogP contribution in [0.25, 0.3) is 11.1 Å². The minimum Gasteiger partial charge on any atom is -0.392 e. The van der Waals surface area contributed by atoms with E-state index in [1.807, 2.05) is 47.1 Å². The number of carbonyl (C=O) groups is 1. The van der Waals surface area contributed by atoms with Crippen LogP contribution in [-0.4, -0.2) is 25.7 Å². The standard InChI is InChI=1S/C23H28N6O3/c1-14(26-22(31)20-19(24)21(30)28-23(32)27-20)16-8-5-9-17(10-16)18-11-25-29(13-18)12-15-6-3-2-4-7-15/h5,8-11,13-15H,2-4,6-7,12,24H2,1H3,(H,26,31)(H2,27,28,30,32)/t14-/m1/s1. The zero-order chi connectivity index (χ0) is 22.7. The Morgan fingerprint density at radius 3 is 2.78 bits per heavy atom. The van der Waals surface area contributed by atoms with Crippen molar-refractivity contribution in [2.45, 2.75) is 51.6 Å². The van der Waals surface area contributed by atoms with E-state index in [2.05, 4.69) is 21.6 Å². The first-order valence-corrected chi connectivity index (χ1v) is 11.0. The van der Waals surface area contributed by atoms with E-state index in [-0.39, 0.29) is 17.4 Å². The van der Waals surface area contributed by atoms with Gasteiger partial charge in [-0.25, -0.2) is 4.79 Å². The minimum absolute atomic E-state index is 0.245. The number of hydrogen-bond acceptors (Lipinski definition) is 5. The van der Waals surface area contributed by atoms with Crippen molar-refractivity contribution in [2.24, 2.45) is 5.92 Å². The highest BCUT2D eigenvalue weighted by Gasteiger charge is 2.18. The highest BCUT2D eigenvalue weighted by Crippen LogP contribution is 2.27. The van der Waals surface area contributed by atoms with Crippen molar-refractivity contribution >= 4 is 11.6 Å². The Morgan fingerprint density at radius 2 is 2.00 bits per heavy atom. The Hall–Kier alpha value is -3.62. The number of aromatic nitrogens is 4. The van der Waals surface area contributed by atoms with Crippen molar-refractivity contribution in [1.82, 2.24) is 25.1 Å². The topological polar surface area (TPSA) is 139 Å². The number of nitrogens with one attached hydrogen (secondary N) is 3. The fraction of sp³-hybridized carbons (Fsp3) is 0.391. The predicted molar refractivity (Wildman–Crippen MR) is 122 cm³/mol. The molecule has 9 nitrogen and oxygen atoms in total. The lowest BCUT2D eigenvalue weighted by Crippen LogP contribution is -2.34. The number of nitrogens with two attached hydrogens (primary N) is 1. The maximum atomic E-state index is 12.6. The number of nitrogen functional groups attached to an aromatic ring is 1. The molecule has 4 rings (SSSR count). The maximum Gasteiger partial charge on any atom is 0.326 e. The lowest BCUT2D eigenvalue weighted by Gasteiger charge is -2.21. The van der Waals surface area contributed by atoms with Gasteiger partial charge in [-0.2, -0.15) is 5.10 Å². The molecule has 1 aliphatic carbocycles. The van der Waals surface area contributed by atoms with Gasteiger partial charge in [0.1, 0.15) is 11.4 Å². The van der Waals surface area contributed by atoms with Crippen molar-refractivity contribution in [3.05, 3.63) is 68.8 Å². The minimum atomic E-state index is -0.793. The van der Waals surface area contributed by atoms with Crippen LogP contribution < -0.4 is 22.3 Å². The van der Waals surface area contributed by atoms with Crippen LogP contribution in [0.1, 0.15) is 61.1 Å². The molecule has 2 heterocycles. The molecular formula is C23H28N6O3. The molecule has 1 amide bonds. The molecule has 9 heteroatoms. The number of hydrogen-bond donors (Lipinski definition) is 4. The van der Waals surface area contributed by atoms with E-state index in [0.717, 1.165) is 23.2 Å². The van der Waals surface area contributed by atoms with Gasteiger partial charge in [-0.05, 0) is 42.9 Å². The number of carbonyl (C=O) groups excluding carboxylic acids is 1. The van der Waals surface area contributed by atoms with Crippen molar-refractivity contribution in [1.29, 1.82) is 0 Å². The van der Waals surface area contributed by atoms with Gasteiger partial charge in [0, 0.05) is 18.3 Å². The average molecular weight is 437 g/mol. The molecule has 0 radical (unpaired) electrons. The molecule has 0 spiro atoms. The summed E-state index contributed by atoms with van der Waals surface area (Å²) >= 11 is 0. The van der Waals surface area contributed by atoms with Gasteiger partial charge in [-0.1, -0.05) is 37.5 Å². The predicted octanol–water partition coefficient (Wildman–Crippen LogP) is 2.58. The summed E-state index contributed by atoms with van der Waals surface area (Å²) in [6.07, 6.45) is 10.4. The number of aromatic amines is 2. The van der Waals surface area contributed by atoms with Crippen LogP contribution in [0.4, 0.5) is 5.69 Å². The lowest BCUT2D eigenvalue weighted by atomic mass is 9.89. The molecule has 1 aliphatic rings. The van der Waals surface area contributed by atoms with Gasteiger partial charge >= 0.3 is 5.69 Å². The van der Waals surface area contributed by atoms with Crippen LogP contribution in [0.5, 0.6) is 0 Å². The summed E-state index contributed by atoms with van der Waals surface area (Å²) in [6, 6.07) is 7.46. The van der Waals surface area contributed by atoms with E-state index in [9.17, 15) is 14.4 Å². The van der Waals surface area contributed by atoms with Crippen LogP contribution in [0.3, 0.4) is 0 Å². The Kier molecular flexibility index (Phi) is 6.25. The van der Waals surface area contributed by atoms with Gasteiger partial charge in [0.2, 0.25) is 0 Å². The van der Waals surface area contributed by atoms with Crippen LogP contribution in [0.15, 0.2) is 46.2 Å². The van der Waals surface area contributed by atoms with Crippen molar-refractivity contribution in [3.8, 4) is 11.1 Å². The molecule has 32 heavy (non-hydrogen) atoms. The Morgan fingerprint density at radius 1 is 1.22 bits per heavy atom. The highest BCUT2D eigenvalue weighted by atomic mass is 16.2. The van der Waals surface area contributed by atoms with Crippen molar-refractivity contribution in [3.63, 3.8) is 0 Å². The molecule has 1 atom stereocenters. The molecule has 3 aromatic rings. The van der Waals surface area contributed by atoms with Gasteiger partial charge in [0.15, 0.2) is 0 Å². The van der Waals surface area contributed by atoms with E-state index in [0.29, 0.717) is 5.92 Å². The molecular weight excluding hydrogens is 408 g/mol. The first-order chi connectivity index (χ1) is 15.4. The van der Waals surface area contributed by atoms with Crippen LogP contribution in [-0.2, 0) is 6.54 Å². The van der Waals surface area contributed by atoms with E-state index in [1.165, 1.54) is 32.1 Å². The molecule has 1 saturated carbocycles. The lowest BCUT2D eigenvalue weighted by molar-refractivity contribution is 0.0935. The molecule has 0 bridgehead atoms. The second kappa shape index (κ2) is 9.25. The number of nitrogens with zero attached hydrogens (tertiary/aromatic N) is 2. The maximum absolute atomic E-state index is 12.6. The summed E-state index contributed by atoms with van der Waals surface area (Å²) in [5.41, 5.74) is 6.40. The van der Waals surface area contributed by atoms with Gasteiger partial charge in [-0.3, -0.25) is 19.3 Å². The second-order valence-electron chi connectivity index (χ2n) is 8.47. The summed E-state index contributed by atoms with van der Waals surface area (Å²) in [5, 5.41) is 7.33. The summed E-state index contributed by atoms with van der Waals surface area (Å²) in [7, 11) is 0. The first-order valence-electron chi connectivity index (χ1n) is 11.0. The molecule has 0 aliphatic heterocycles. The van der Waals surface area contributed by atoms with Crippen molar-refractivity contribution < 1.29 is 4.79 Å². The molecule has 5 N–H and O–H groups in total. The quantitative estimate of drug-likeness (QED) is 0.470. The first kappa shape index (κ1) is 21.6. The third-order valence-electron chi connectivity index (χ3n) is 6.08. The molecule has 1 aromatic carbocycles. The van der Waals surface area contributed by atoms with Gasteiger partial charge < -0.3 is 16.0 Å². The summed E-state index contributed by atoms with van der Waals surface area (Å²) in [4.78, 5) is 40.0. The highest BCUT2D eigenvalue weighted by molar-refractivity contribution is 5.97. The third kappa shape index (κ3) is 4.82. The van der Waals surface area contributed by atoms with E-state index in [1.54, 1.807) is 0 Å². The van der Waals surface area contributed by atoms with Crippen molar-refractivity contribution in [2.75, 3.05) is 5.73 Å². The number of amides is 1. The normalized spacial score (nSPS) is 15.4. The molecule has 0 unspecified atom stereocenters. The van der Waals surface area contributed by atoms with Crippen LogP contribution in [0.2, 0.25) is 0 Å². The summed E-state index contributed by atoms with van der Waals surface area (Å²) < 4.78 is 2.02. The SMILES string of the molecule is C[C@@H](NC(=O)c1[nH]c(=O)[nH]c(=O)c1N)c1cccc(-c2cnn(CC3CCCCC3)c2)c1. The largest absolute Gasteiger partial charge is 0.392 e. The fourth-order valence-corrected chi connectivity index (χ4v) is 4.26. The van der Waals surface area contributed by atoms with E-state index < -0.39 is 17.2 Å². The third-order valence-corrected chi connectivity index (χ3v) is 6.08. The monoisotopic (exact) mass is 436 g/mol. The van der Waals surface area contributed by atoms with E-state index >= 15 is 0 Å². The molecule has 168 valence electrons. The van der Waals surface area contributed by atoms with E-state index in [4.69, 9.17) is 5.73 Å². The Bertz CT molecular complexity index is 1220. The molecule has 1 fully saturated rings. The average Bonchev–Trinajstić information content (AvgIpc) is 3.25. The number of H-pyrrole nitrogens is 2. The summed E-state index contributed by atoms with van der Waals surface area (Å²) in [5.74, 6) is 0.0751. The molecule has 0 saturated heterocycles. The number of benzene rings is 1. The van der Waals surface area contributed by atoms with Gasteiger partial charge in [-0.15, -0.1) is 0 Å². The zero-order valence-corrected chi connectivity index (χ0v) is 18.1. The smallest absolute Gasteiger partial charge is 0.326 e. The Balaban J connectivity index is 1.47. The fourth-order valence-electron chi connectivity index (χ4n) is 4.26. The van der Waals surface area contributed by atoms with Crippen LogP contribution >= 0.6 is 0 Å². The molecule has 2 aromatic heterocycles. The van der Waals surface area contributed by atoms with Crippen LogP contribution in [0, 0.1) is 5.92 Å². The second-order valence-corrected chi connectivity index (χ2v) is 8.47.